The van der Waals surface area contributed by atoms with Crippen LogP contribution in [-0.4, -0.2) is 42.5 Å². The Kier molecular flexibility index (Phi) is 6.00. The summed E-state index contributed by atoms with van der Waals surface area (Å²) in [6.07, 6.45) is 3.16. The molecule has 0 fully saturated rings. The molecule has 32 heavy (non-hydrogen) atoms. The third kappa shape index (κ3) is 4.17. The van der Waals surface area contributed by atoms with Gasteiger partial charge in [-0.25, -0.2) is 13.4 Å². The van der Waals surface area contributed by atoms with Crippen LogP contribution in [0, 0.1) is 10.1 Å². The number of sulfone groups is 1. The predicted molar refractivity (Wildman–Crippen MR) is 115 cm³/mol. The lowest BCUT2D eigenvalue weighted by Crippen LogP contribution is -2.23. The molecule has 0 saturated heterocycles. The summed E-state index contributed by atoms with van der Waals surface area (Å²) in [5.41, 5.74) is -3.98. The summed E-state index contributed by atoms with van der Waals surface area (Å²) in [6, 6.07) is 7.76. The maximum absolute atomic E-state index is 12.9. The van der Waals surface area contributed by atoms with Crippen LogP contribution in [0.15, 0.2) is 41.3 Å². The number of nitro benzene ring substituents is 1. The minimum absolute atomic E-state index is 0.0804. The average Bonchev–Trinajstić information content (AvgIpc) is 3.07. The van der Waals surface area contributed by atoms with E-state index in [0.29, 0.717) is 29.1 Å². The molecule has 12 heteroatoms. The summed E-state index contributed by atoms with van der Waals surface area (Å²) in [4.78, 5) is 15.9. The molecule has 1 aromatic heterocycles. The maximum Gasteiger partial charge on any atom is 0.501 e. The molecule has 0 saturated carbocycles. The number of hydrogen-bond acceptors (Lipinski definition) is 6. The number of rotatable bonds is 6. The van der Waals surface area contributed by atoms with Crippen molar-refractivity contribution in [3.8, 4) is 0 Å². The lowest BCUT2D eigenvalue weighted by Gasteiger charge is -2.12. The Morgan fingerprint density at radius 2 is 1.84 bits per heavy atom. The molecule has 0 amide bonds. The van der Waals surface area contributed by atoms with Gasteiger partial charge in [0.1, 0.15) is 11.5 Å². The largest absolute Gasteiger partial charge is 0.501 e. The smallest absolute Gasteiger partial charge is 0.372 e. The first-order valence-electron chi connectivity index (χ1n) is 9.32. The van der Waals surface area contributed by atoms with Crippen molar-refractivity contribution in [2.24, 2.45) is 0 Å². The number of halogens is 3. The molecular formula is C20H19F3N4O4S. The molecule has 3 aromatic rings. The topological polar surface area (TPSA) is 98.3 Å². The lowest BCUT2D eigenvalue weighted by atomic mass is 10.1. The number of alkyl halides is 3. The zero-order chi connectivity index (χ0) is 23.8. The number of benzene rings is 2. The van der Waals surface area contributed by atoms with E-state index < -0.39 is 25.2 Å². The van der Waals surface area contributed by atoms with E-state index in [1.165, 1.54) is 12.1 Å². The van der Waals surface area contributed by atoms with Gasteiger partial charge in [0.25, 0.3) is 15.5 Å². The van der Waals surface area contributed by atoms with Gasteiger partial charge >= 0.3 is 5.51 Å². The highest BCUT2D eigenvalue weighted by molar-refractivity contribution is 7.92. The average molecular weight is 468 g/mol. The van der Waals surface area contributed by atoms with Crippen LogP contribution in [0.1, 0.15) is 18.3 Å². The molecule has 0 unspecified atom stereocenters. The van der Waals surface area contributed by atoms with Gasteiger partial charge in [0.05, 0.1) is 20.9 Å². The van der Waals surface area contributed by atoms with Gasteiger partial charge in [-0.15, -0.1) is 0 Å². The second-order valence-corrected chi connectivity index (χ2v) is 8.99. The standard InChI is InChI=1S/C20H19F3N4O4S/c1-4-26-16-9-7-14(32(30,31)20(21,22)23)12-15(16)24-19(26)10-6-13-5-8-17(25(2)3)18(11-13)27(28)29/h5-12H,4H2,1-3H3/b10-6+. The Bertz CT molecular complexity index is 1330. The Hall–Kier alpha value is -3.41. The minimum atomic E-state index is -5.49. The van der Waals surface area contributed by atoms with E-state index in [0.717, 1.165) is 12.1 Å². The van der Waals surface area contributed by atoms with Crippen LogP contribution in [-0.2, 0) is 16.4 Å². The Morgan fingerprint density at radius 1 is 1.16 bits per heavy atom. The summed E-state index contributed by atoms with van der Waals surface area (Å²) in [6.45, 7) is 2.22. The molecule has 1 heterocycles. The quantitative estimate of drug-likeness (QED) is 0.390. The van der Waals surface area contributed by atoms with E-state index in [-0.39, 0.29) is 11.2 Å². The fourth-order valence-corrected chi connectivity index (χ4v) is 4.01. The second kappa shape index (κ2) is 8.26. The normalized spacial score (nSPS) is 12.6. The fraction of sp³-hybridized carbons (Fsp3) is 0.250. The highest BCUT2D eigenvalue weighted by Crippen LogP contribution is 2.32. The first-order valence-corrected chi connectivity index (χ1v) is 10.8. The van der Waals surface area contributed by atoms with Crippen molar-refractivity contribution in [2.75, 3.05) is 19.0 Å². The zero-order valence-electron chi connectivity index (χ0n) is 17.3. The van der Waals surface area contributed by atoms with Gasteiger partial charge in [0, 0.05) is 26.7 Å². The summed E-state index contributed by atoms with van der Waals surface area (Å²) < 4.78 is 63.7. The van der Waals surface area contributed by atoms with Gasteiger partial charge in [-0.2, -0.15) is 13.2 Å². The number of imidazole rings is 1. The van der Waals surface area contributed by atoms with Gasteiger partial charge in [-0.3, -0.25) is 10.1 Å². The van der Waals surface area contributed by atoms with Gasteiger partial charge in [0.2, 0.25) is 0 Å². The molecule has 0 aliphatic rings. The zero-order valence-corrected chi connectivity index (χ0v) is 18.1. The van der Waals surface area contributed by atoms with Crippen LogP contribution < -0.4 is 4.90 Å². The molecule has 8 nitrogen and oxygen atoms in total. The summed E-state index contributed by atoms with van der Waals surface area (Å²) >= 11 is 0. The van der Waals surface area contributed by atoms with Gasteiger partial charge in [-0.1, -0.05) is 12.1 Å². The van der Waals surface area contributed by atoms with Crippen molar-refractivity contribution < 1.29 is 26.5 Å². The fourth-order valence-electron chi connectivity index (χ4n) is 3.23. The second-order valence-electron chi connectivity index (χ2n) is 7.05. The number of anilines is 1. The molecule has 2 aromatic carbocycles. The molecule has 0 aliphatic heterocycles. The third-order valence-electron chi connectivity index (χ3n) is 4.78. The number of hydrogen-bond donors (Lipinski definition) is 0. The van der Waals surface area contributed by atoms with Crippen molar-refractivity contribution >= 4 is 44.4 Å². The molecule has 170 valence electrons. The van der Waals surface area contributed by atoms with Crippen LogP contribution >= 0.6 is 0 Å². The summed E-state index contributed by atoms with van der Waals surface area (Å²) in [7, 11) is -2.11. The van der Waals surface area contributed by atoms with Crippen molar-refractivity contribution in [1.82, 2.24) is 9.55 Å². The van der Waals surface area contributed by atoms with Crippen LogP contribution in [0.2, 0.25) is 0 Å². The molecule has 0 aliphatic carbocycles. The number of fused-ring (bicyclic) bond motifs is 1. The van der Waals surface area contributed by atoms with Crippen molar-refractivity contribution in [3.05, 3.63) is 57.9 Å². The van der Waals surface area contributed by atoms with Gasteiger partial charge in [0.15, 0.2) is 0 Å². The van der Waals surface area contributed by atoms with E-state index in [1.807, 2.05) is 0 Å². The molecule has 0 spiro atoms. The van der Waals surface area contributed by atoms with E-state index >= 15 is 0 Å². The first-order chi connectivity index (χ1) is 14.9. The van der Waals surface area contributed by atoms with E-state index in [2.05, 4.69) is 4.98 Å². The number of nitrogens with zero attached hydrogens (tertiary/aromatic N) is 4. The molecule has 0 radical (unpaired) electrons. The lowest BCUT2D eigenvalue weighted by molar-refractivity contribution is -0.384. The van der Waals surface area contributed by atoms with Crippen molar-refractivity contribution in [1.29, 1.82) is 0 Å². The number of nitro groups is 1. The van der Waals surface area contributed by atoms with E-state index in [9.17, 15) is 31.7 Å². The molecule has 0 atom stereocenters. The first kappa shape index (κ1) is 23.3. The molecule has 0 bridgehead atoms. The van der Waals surface area contributed by atoms with Crippen LogP contribution in [0.5, 0.6) is 0 Å². The monoisotopic (exact) mass is 468 g/mol. The highest BCUT2D eigenvalue weighted by atomic mass is 32.2. The third-order valence-corrected chi connectivity index (χ3v) is 6.27. The van der Waals surface area contributed by atoms with Gasteiger partial charge < -0.3 is 9.47 Å². The van der Waals surface area contributed by atoms with Crippen LogP contribution in [0.3, 0.4) is 0 Å². The highest BCUT2D eigenvalue weighted by Gasteiger charge is 2.47. The number of aryl methyl sites for hydroxylation is 1. The SMILES string of the molecule is CCn1c(/C=C/c2ccc(N(C)C)c([N+](=O)[O-])c2)nc2cc(S(=O)(=O)C(F)(F)F)ccc21. The Morgan fingerprint density at radius 3 is 2.41 bits per heavy atom. The predicted octanol–water partition coefficient (Wildman–Crippen LogP) is 4.49. The van der Waals surface area contributed by atoms with E-state index in [4.69, 9.17) is 0 Å². The molecule has 0 N–H and O–H groups in total. The van der Waals surface area contributed by atoms with Crippen molar-refractivity contribution in [2.45, 2.75) is 23.9 Å². The minimum Gasteiger partial charge on any atom is -0.372 e. The van der Waals surface area contributed by atoms with E-state index in [1.54, 1.807) is 54.8 Å². The maximum atomic E-state index is 12.9. The van der Waals surface area contributed by atoms with Crippen LogP contribution in [0.4, 0.5) is 24.5 Å². The Labute approximate surface area is 181 Å². The van der Waals surface area contributed by atoms with Crippen LogP contribution in [0.25, 0.3) is 23.2 Å². The summed E-state index contributed by atoms with van der Waals surface area (Å²) in [5.74, 6) is 0.364. The molecular weight excluding hydrogens is 449 g/mol. The van der Waals surface area contributed by atoms with Crippen molar-refractivity contribution in [3.63, 3.8) is 0 Å². The molecule has 3 rings (SSSR count). The Balaban J connectivity index is 2.05. The van der Waals surface area contributed by atoms with Gasteiger partial charge in [-0.05, 0) is 42.8 Å². The number of aromatic nitrogens is 2. The summed E-state index contributed by atoms with van der Waals surface area (Å²) in [5, 5.41) is 11.4.